The molecule has 5 nitrogen and oxygen atoms in total. The zero-order valence-electron chi connectivity index (χ0n) is 9.96. The smallest absolute Gasteiger partial charge is 0.303 e. The maximum atomic E-state index is 11.9. The van der Waals surface area contributed by atoms with Crippen LogP contribution in [0.4, 0.5) is 5.69 Å². The van der Waals surface area contributed by atoms with E-state index in [1.54, 1.807) is 31.3 Å². The van der Waals surface area contributed by atoms with Gasteiger partial charge in [-0.3, -0.25) is 4.31 Å². The monoisotopic (exact) mass is 256 g/mol. The van der Waals surface area contributed by atoms with Crippen molar-refractivity contribution in [3.8, 4) is 5.75 Å². The van der Waals surface area contributed by atoms with Crippen LogP contribution in [0.1, 0.15) is 6.92 Å². The van der Waals surface area contributed by atoms with Crippen LogP contribution in [0.15, 0.2) is 24.3 Å². The zero-order chi connectivity index (χ0) is 12.5. The Labute approximate surface area is 102 Å². The van der Waals surface area contributed by atoms with E-state index in [1.165, 1.54) is 8.61 Å². The van der Waals surface area contributed by atoms with Crippen molar-refractivity contribution in [3.05, 3.63) is 24.3 Å². The summed E-state index contributed by atoms with van der Waals surface area (Å²) >= 11 is 0. The van der Waals surface area contributed by atoms with Crippen molar-refractivity contribution in [1.29, 1.82) is 0 Å². The Balaban J connectivity index is 2.16. The predicted molar refractivity (Wildman–Crippen MR) is 66.5 cm³/mol. The van der Waals surface area contributed by atoms with E-state index >= 15 is 0 Å². The van der Waals surface area contributed by atoms with E-state index in [1.807, 2.05) is 6.92 Å². The molecule has 1 aromatic rings. The average molecular weight is 256 g/mol. The lowest BCUT2D eigenvalue weighted by Gasteiger charge is -2.19. The molecule has 0 saturated carbocycles. The molecule has 0 aromatic heterocycles. The lowest BCUT2D eigenvalue weighted by molar-refractivity contribution is 0.340. The fourth-order valence-electron chi connectivity index (χ4n) is 1.50. The van der Waals surface area contributed by atoms with E-state index in [9.17, 15) is 8.42 Å². The van der Waals surface area contributed by atoms with Crippen molar-refractivity contribution in [2.24, 2.45) is 0 Å². The Morgan fingerprint density at radius 3 is 2.35 bits per heavy atom. The molecule has 0 unspecified atom stereocenters. The SMILES string of the molecule is CCOc1ccc(N(C)S(=O)(=O)N2CC2)cc1. The lowest BCUT2D eigenvalue weighted by atomic mass is 10.3. The summed E-state index contributed by atoms with van der Waals surface area (Å²) in [5.74, 6) is 0.744. The van der Waals surface area contributed by atoms with Gasteiger partial charge in [0, 0.05) is 20.1 Å². The minimum atomic E-state index is -3.32. The number of ether oxygens (including phenoxy) is 1. The van der Waals surface area contributed by atoms with Crippen LogP contribution >= 0.6 is 0 Å². The molecule has 2 rings (SSSR count). The average Bonchev–Trinajstić information content (AvgIpc) is 3.13. The molecular weight excluding hydrogens is 240 g/mol. The molecule has 1 saturated heterocycles. The van der Waals surface area contributed by atoms with Gasteiger partial charge in [-0.15, -0.1) is 0 Å². The van der Waals surface area contributed by atoms with E-state index in [0.29, 0.717) is 25.4 Å². The fraction of sp³-hybridized carbons (Fsp3) is 0.455. The summed E-state index contributed by atoms with van der Waals surface area (Å²) in [6, 6.07) is 7.03. The van der Waals surface area contributed by atoms with Gasteiger partial charge in [0.25, 0.3) is 0 Å². The second-order valence-corrected chi connectivity index (χ2v) is 5.76. The molecule has 0 bridgehead atoms. The minimum absolute atomic E-state index is 0.598. The van der Waals surface area contributed by atoms with Gasteiger partial charge in [0.2, 0.25) is 0 Å². The largest absolute Gasteiger partial charge is 0.494 e. The van der Waals surface area contributed by atoms with Crippen LogP contribution in [-0.4, -0.2) is 39.5 Å². The molecule has 94 valence electrons. The molecule has 1 aliphatic rings. The molecule has 0 N–H and O–H groups in total. The first-order chi connectivity index (χ1) is 8.05. The van der Waals surface area contributed by atoms with E-state index in [-0.39, 0.29) is 0 Å². The van der Waals surface area contributed by atoms with Gasteiger partial charge in [0.05, 0.1) is 12.3 Å². The minimum Gasteiger partial charge on any atom is -0.494 e. The van der Waals surface area contributed by atoms with Gasteiger partial charge in [-0.1, -0.05) is 0 Å². The maximum absolute atomic E-state index is 11.9. The van der Waals surface area contributed by atoms with Crippen molar-refractivity contribution in [2.75, 3.05) is 31.0 Å². The normalized spacial score (nSPS) is 15.6. The van der Waals surface area contributed by atoms with E-state index < -0.39 is 10.2 Å². The molecule has 1 aliphatic heterocycles. The number of benzene rings is 1. The quantitative estimate of drug-likeness (QED) is 0.741. The molecular formula is C11H16N2O3S. The van der Waals surface area contributed by atoms with Crippen LogP contribution in [0.2, 0.25) is 0 Å². The van der Waals surface area contributed by atoms with Gasteiger partial charge in [0.1, 0.15) is 5.75 Å². The first-order valence-corrected chi connectivity index (χ1v) is 6.92. The van der Waals surface area contributed by atoms with E-state index in [2.05, 4.69) is 0 Å². The van der Waals surface area contributed by atoms with Gasteiger partial charge in [0.15, 0.2) is 0 Å². The van der Waals surface area contributed by atoms with Crippen LogP contribution < -0.4 is 9.04 Å². The second-order valence-electron chi connectivity index (χ2n) is 3.80. The summed E-state index contributed by atoms with van der Waals surface area (Å²) in [5, 5.41) is 0. The molecule has 1 aromatic carbocycles. The predicted octanol–water partition coefficient (Wildman–Crippen LogP) is 1.08. The Bertz CT molecular complexity index is 480. The van der Waals surface area contributed by atoms with E-state index in [4.69, 9.17) is 4.74 Å². The summed E-state index contributed by atoms with van der Waals surface area (Å²) in [6.07, 6.45) is 0. The number of hydrogen-bond acceptors (Lipinski definition) is 3. The molecule has 1 heterocycles. The second kappa shape index (κ2) is 4.54. The highest BCUT2D eigenvalue weighted by atomic mass is 32.2. The molecule has 0 spiro atoms. The molecule has 0 amide bonds. The van der Waals surface area contributed by atoms with Crippen LogP contribution in [-0.2, 0) is 10.2 Å². The molecule has 0 atom stereocenters. The van der Waals surface area contributed by atoms with Gasteiger partial charge < -0.3 is 4.74 Å². The van der Waals surface area contributed by atoms with Crippen molar-refractivity contribution in [3.63, 3.8) is 0 Å². The highest BCUT2D eigenvalue weighted by Crippen LogP contribution is 2.24. The molecule has 17 heavy (non-hydrogen) atoms. The standard InChI is InChI=1S/C11H16N2O3S/c1-3-16-11-6-4-10(5-7-11)12(2)17(14,15)13-8-9-13/h4-7H,3,8-9H2,1-2H3. The number of hydrogen-bond donors (Lipinski definition) is 0. The van der Waals surface area contributed by atoms with E-state index in [0.717, 1.165) is 5.75 Å². The summed E-state index contributed by atoms with van der Waals surface area (Å²) in [7, 11) is -1.76. The maximum Gasteiger partial charge on any atom is 0.303 e. The first-order valence-electron chi connectivity index (χ1n) is 5.52. The Kier molecular flexibility index (Phi) is 3.26. The van der Waals surface area contributed by atoms with Crippen molar-refractivity contribution in [1.82, 2.24) is 4.31 Å². The van der Waals surface area contributed by atoms with Crippen molar-refractivity contribution < 1.29 is 13.2 Å². The van der Waals surface area contributed by atoms with Crippen LogP contribution in [0.3, 0.4) is 0 Å². The number of anilines is 1. The third-order valence-corrected chi connectivity index (χ3v) is 4.51. The zero-order valence-corrected chi connectivity index (χ0v) is 10.8. The third kappa shape index (κ3) is 2.53. The summed E-state index contributed by atoms with van der Waals surface area (Å²) < 4.78 is 31.9. The van der Waals surface area contributed by atoms with Crippen LogP contribution in [0.25, 0.3) is 0 Å². The third-order valence-electron chi connectivity index (χ3n) is 2.59. The molecule has 6 heteroatoms. The topological polar surface area (TPSA) is 49.6 Å². The highest BCUT2D eigenvalue weighted by molar-refractivity contribution is 7.90. The van der Waals surface area contributed by atoms with Crippen LogP contribution in [0, 0.1) is 0 Å². The van der Waals surface area contributed by atoms with Crippen LogP contribution in [0.5, 0.6) is 5.75 Å². The van der Waals surface area contributed by atoms with Gasteiger partial charge >= 0.3 is 10.2 Å². The highest BCUT2D eigenvalue weighted by Gasteiger charge is 2.35. The van der Waals surface area contributed by atoms with Crippen molar-refractivity contribution in [2.45, 2.75) is 6.92 Å². The fourth-order valence-corrected chi connectivity index (χ4v) is 2.77. The summed E-state index contributed by atoms with van der Waals surface area (Å²) in [6.45, 7) is 3.74. The summed E-state index contributed by atoms with van der Waals surface area (Å²) in [5.41, 5.74) is 0.639. The molecule has 0 radical (unpaired) electrons. The first kappa shape index (κ1) is 12.2. The number of rotatable bonds is 5. The van der Waals surface area contributed by atoms with Gasteiger partial charge in [-0.05, 0) is 31.2 Å². The molecule has 0 aliphatic carbocycles. The Hall–Kier alpha value is -1.27. The lowest BCUT2D eigenvalue weighted by Crippen LogP contribution is -2.32. The summed E-state index contributed by atoms with van der Waals surface area (Å²) in [4.78, 5) is 0. The Morgan fingerprint density at radius 1 is 1.29 bits per heavy atom. The van der Waals surface area contributed by atoms with Crippen molar-refractivity contribution >= 4 is 15.9 Å². The van der Waals surface area contributed by atoms with Gasteiger partial charge in [-0.2, -0.15) is 12.7 Å². The Morgan fingerprint density at radius 2 is 1.88 bits per heavy atom. The van der Waals surface area contributed by atoms with Gasteiger partial charge in [-0.25, -0.2) is 0 Å². The molecule has 1 fully saturated rings. The number of nitrogens with zero attached hydrogens (tertiary/aromatic N) is 2.